The van der Waals surface area contributed by atoms with E-state index < -0.39 is 4.92 Å². The number of nitrogens with zero attached hydrogens (tertiary/aromatic N) is 1. The zero-order valence-electron chi connectivity index (χ0n) is 11.3. The van der Waals surface area contributed by atoms with Gasteiger partial charge in [0.15, 0.2) is 0 Å². The average molecular weight is 271 g/mol. The molecule has 20 heavy (non-hydrogen) atoms. The van der Waals surface area contributed by atoms with E-state index in [1.807, 2.05) is 26.0 Å². The van der Waals surface area contributed by atoms with Crippen LogP contribution >= 0.6 is 0 Å². The highest BCUT2D eigenvalue weighted by atomic mass is 19.1. The van der Waals surface area contributed by atoms with E-state index in [1.165, 1.54) is 18.2 Å². The van der Waals surface area contributed by atoms with E-state index in [1.54, 1.807) is 12.1 Å². The molecule has 2 rings (SSSR count). The number of hydrogen-bond acceptors (Lipinski definition) is 2. The molecular formula is C16H14FNO2. The standard InChI is InChI=1S/C16H14FNO2/c1-11-8-14(6-7-18(19)20)16(9-12(11)2)13-4-3-5-15(17)10-13/h3-10H,1-2H3/b7-6+. The summed E-state index contributed by atoms with van der Waals surface area (Å²) in [7, 11) is 0. The SMILES string of the molecule is Cc1cc(/C=C/[N+](=O)[O-])c(-c2cccc(F)c2)cc1C. The molecule has 0 heterocycles. The van der Waals surface area contributed by atoms with Crippen LogP contribution in [-0.4, -0.2) is 4.92 Å². The molecule has 4 heteroatoms. The van der Waals surface area contributed by atoms with Crippen molar-refractivity contribution >= 4 is 6.08 Å². The zero-order chi connectivity index (χ0) is 14.7. The molecule has 0 fully saturated rings. The second-order valence-corrected chi connectivity index (χ2v) is 4.64. The van der Waals surface area contributed by atoms with Gasteiger partial charge >= 0.3 is 0 Å². The smallest absolute Gasteiger partial charge is 0.235 e. The number of rotatable bonds is 3. The molecule has 102 valence electrons. The summed E-state index contributed by atoms with van der Waals surface area (Å²) in [6, 6.07) is 10.0. The minimum Gasteiger partial charge on any atom is -0.259 e. The molecule has 3 nitrogen and oxygen atoms in total. The van der Waals surface area contributed by atoms with Gasteiger partial charge in [0.2, 0.25) is 6.20 Å². The Labute approximate surface area is 116 Å². The third-order valence-corrected chi connectivity index (χ3v) is 3.18. The lowest BCUT2D eigenvalue weighted by Crippen LogP contribution is -1.91. The Bertz CT molecular complexity index is 693. The highest BCUT2D eigenvalue weighted by Gasteiger charge is 2.07. The van der Waals surface area contributed by atoms with Crippen LogP contribution in [0.25, 0.3) is 17.2 Å². The molecule has 0 saturated heterocycles. The lowest BCUT2D eigenvalue weighted by Gasteiger charge is -2.10. The van der Waals surface area contributed by atoms with Gasteiger partial charge in [-0.25, -0.2) is 4.39 Å². The normalized spacial score (nSPS) is 10.9. The third-order valence-electron chi connectivity index (χ3n) is 3.18. The van der Waals surface area contributed by atoms with Gasteiger partial charge in [0, 0.05) is 6.08 Å². The maximum absolute atomic E-state index is 13.4. The number of aryl methyl sites for hydroxylation is 2. The number of hydrogen-bond donors (Lipinski definition) is 0. The minimum atomic E-state index is -0.509. The molecule has 0 bridgehead atoms. The fourth-order valence-electron chi connectivity index (χ4n) is 2.02. The van der Waals surface area contributed by atoms with Crippen molar-refractivity contribution in [1.82, 2.24) is 0 Å². The number of benzene rings is 2. The van der Waals surface area contributed by atoms with Crippen molar-refractivity contribution < 1.29 is 9.31 Å². The Hall–Kier alpha value is -2.49. The van der Waals surface area contributed by atoms with Gasteiger partial charge in [-0.05, 0) is 53.8 Å². The minimum absolute atomic E-state index is 0.329. The summed E-state index contributed by atoms with van der Waals surface area (Å²) in [5, 5.41) is 10.5. The molecule has 0 aliphatic carbocycles. The number of nitro groups is 1. The zero-order valence-corrected chi connectivity index (χ0v) is 11.3. The molecule has 0 saturated carbocycles. The molecule has 0 aliphatic heterocycles. The van der Waals surface area contributed by atoms with Crippen LogP contribution in [0.5, 0.6) is 0 Å². The summed E-state index contributed by atoms with van der Waals surface area (Å²) in [4.78, 5) is 9.98. The molecule has 2 aromatic rings. The van der Waals surface area contributed by atoms with Crippen molar-refractivity contribution in [3.63, 3.8) is 0 Å². The molecule has 0 unspecified atom stereocenters. The summed E-state index contributed by atoms with van der Waals surface area (Å²) < 4.78 is 13.4. The molecule has 0 radical (unpaired) electrons. The molecular weight excluding hydrogens is 257 g/mol. The second-order valence-electron chi connectivity index (χ2n) is 4.64. The van der Waals surface area contributed by atoms with Crippen LogP contribution in [0.15, 0.2) is 42.6 Å². The van der Waals surface area contributed by atoms with Gasteiger partial charge in [-0.1, -0.05) is 24.3 Å². The lowest BCUT2D eigenvalue weighted by atomic mass is 9.94. The van der Waals surface area contributed by atoms with E-state index in [4.69, 9.17) is 0 Å². The summed E-state index contributed by atoms with van der Waals surface area (Å²) in [6.07, 6.45) is 2.33. The van der Waals surface area contributed by atoms with Crippen molar-refractivity contribution in [2.24, 2.45) is 0 Å². The Balaban J connectivity index is 2.61. The highest BCUT2D eigenvalue weighted by molar-refractivity contribution is 5.76. The molecule has 0 aliphatic rings. The van der Waals surface area contributed by atoms with E-state index in [-0.39, 0.29) is 5.82 Å². The van der Waals surface area contributed by atoms with Gasteiger partial charge in [-0.3, -0.25) is 10.1 Å². The van der Waals surface area contributed by atoms with Gasteiger partial charge in [0.1, 0.15) is 5.82 Å². The fraction of sp³-hybridized carbons (Fsp3) is 0.125. The van der Waals surface area contributed by atoms with E-state index in [2.05, 4.69) is 0 Å². The topological polar surface area (TPSA) is 43.1 Å². The van der Waals surface area contributed by atoms with Crippen molar-refractivity contribution in [1.29, 1.82) is 0 Å². The predicted molar refractivity (Wildman–Crippen MR) is 77.3 cm³/mol. The summed E-state index contributed by atoms with van der Waals surface area (Å²) in [6.45, 7) is 3.90. The number of halogens is 1. The Kier molecular flexibility index (Phi) is 3.94. The van der Waals surface area contributed by atoms with E-state index in [0.29, 0.717) is 11.1 Å². The predicted octanol–water partition coefficient (Wildman–Crippen LogP) is 4.36. The Morgan fingerprint density at radius 1 is 1.15 bits per heavy atom. The van der Waals surface area contributed by atoms with E-state index in [0.717, 1.165) is 22.9 Å². The van der Waals surface area contributed by atoms with Gasteiger partial charge < -0.3 is 0 Å². The summed E-state index contributed by atoms with van der Waals surface area (Å²) in [5.41, 5.74) is 4.29. The van der Waals surface area contributed by atoms with E-state index >= 15 is 0 Å². The first-order chi connectivity index (χ1) is 9.47. The highest BCUT2D eigenvalue weighted by Crippen LogP contribution is 2.28. The van der Waals surface area contributed by atoms with Crippen molar-refractivity contribution in [3.8, 4) is 11.1 Å². The molecule has 0 atom stereocenters. The molecule has 0 N–H and O–H groups in total. The van der Waals surface area contributed by atoms with Gasteiger partial charge in [0.05, 0.1) is 4.92 Å². The van der Waals surface area contributed by atoms with Crippen molar-refractivity contribution in [3.05, 3.63) is 75.2 Å². The third kappa shape index (κ3) is 3.09. The van der Waals surface area contributed by atoms with Crippen molar-refractivity contribution in [2.45, 2.75) is 13.8 Å². The van der Waals surface area contributed by atoms with Crippen molar-refractivity contribution in [2.75, 3.05) is 0 Å². The van der Waals surface area contributed by atoms with Crippen LogP contribution < -0.4 is 0 Å². The monoisotopic (exact) mass is 271 g/mol. The quantitative estimate of drug-likeness (QED) is 0.615. The largest absolute Gasteiger partial charge is 0.259 e. The first-order valence-corrected chi connectivity index (χ1v) is 6.16. The maximum atomic E-state index is 13.4. The van der Waals surface area contributed by atoms with Crippen LogP contribution in [0.4, 0.5) is 4.39 Å². The first-order valence-electron chi connectivity index (χ1n) is 6.16. The van der Waals surface area contributed by atoms with Crippen LogP contribution in [0.3, 0.4) is 0 Å². The maximum Gasteiger partial charge on any atom is 0.235 e. The van der Waals surface area contributed by atoms with Crippen LogP contribution in [-0.2, 0) is 0 Å². The fourth-order valence-corrected chi connectivity index (χ4v) is 2.02. The van der Waals surface area contributed by atoms with Gasteiger partial charge in [-0.15, -0.1) is 0 Å². The van der Waals surface area contributed by atoms with Crippen LogP contribution in [0.1, 0.15) is 16.7 Å². The summed E-state index contributed by atoms with van der Waals surface area (Å²) >= 11 is 0. The summed E-state index contributed by atoms with van der Waals surface area (Å²) in [5.74, 6) is -0.329. The Morgan fingerprint density at radius 2 is 1.85 bits per heavy atom. The van der Waals surface area contributed by atoms with Crippen LogP contribution in [0, 0.1) is 29.8 Å². The molecule has 0 spiro atoms. The van der Waals surface area contributed by atoms with Gasteiger partial charge in [0.25, 0.3) is 0 Å². The first kappa shape index (κ1) is 13.9. The second kappa shape index (κ2) is 5.65. The lowest BCUT2D eigenvalue weighted by molar-refractivity contribution is -0.400. The Morgan fingerprint density at radius 3 is 2.50 bits per heavy atom. The van der Waals surface area contributed by atoms with Crippen LogP contribution in [0.2, 0.25) is 0 Å². The van der Waals surface area contributed by atoms with Gasteiger partial charge in [-0.2, -0.15) is 0 Å². The average Bonchev–Trinajstić information content (AvgIpc) is 2.39. The molecule has 0 amide bonds. The molecule has 0 aromatic heterocycles. The van der Waals surface area contributed by atoms with E-state index in [9.17, 15) is 14.5 Å². The molecule has 2 aromatic carbocycles.